The minimum Gasteiger partial charge on any atom is -0.236 e. The van der Waals surface area contributed by atoms with Gasteiger partial charge in [-0.25, -0.2) is 13.4 Å². The first-order valence-corrected chi connectivity index (χ1v) is 8.88. The molecular weight excluding hydrogens is 296 g/mol. The zero-order chi connectivity index (χ0) is 15.6. The van der Waals surface area contributed by atoms with Gasteiger partial charge >= 0.3 is 0 Å². The van der Waals surface area contributed by atoms with E-state index in [0.29, 0.717) is 18.5 Å². The van der Waals surface area contributed by atoms with Crippen molar-refractivity contribution in [2.24, 2.45) is 0 Å². The predicted molar refractivity (Wildman–Crippen MR) is 83.8 cm³/mol. The lowest BCUT2D eigenvalue weighted by molar-refractivity contribution is 0.579. The molecule has 5 heteroatoms. The maximum Gasteiger partial charge on any atom is 0.184 e. The third-order valence-corrected chi connectivity index (χ3v) is 6.37. The van der Waals surface area contributed by atoms with Crippen molar-refractivity contribution in [3.63, 3.8) is 0 Å². The average Bonchev–Trinajstić information content (AvgIpc) is 3.10. The van der Waals surface area contributed by atoms with E-state index in [4.69, 9.17) is 0 Å². The SMILES string of the molecule is N#Cc1nc(-c2ccccc2)ccc1S(=O)(=O)C1CCCC1. The number of nitriles is 1. The number of pyridine rings is 1. The van der Waals surface area contributed by atoms with Crippen molar-refractivity contribution in [1.29, 1.82) is 5.26 Å². The van der Waals surface area contributed by atoms with E-state index < -0.39 is 9.84 Å². The first-order valence-electron chi connectivity index (χ1n) is 7.33. The molecule has 1 heterocycles. The van der Waals surface area contributed by atoms with Crippen LogP contribution < -0.4 is 0 Å². The molecule has 0 bridgehead atoms. The standard InChI is InChI=1S/C17H16N2O2S/c18-12-16-17(22(20,21)14-8-4-5-9-14)11-10-15(19-16)13-6-2-1-3-7-13/h1-3,6-7,10-11,14H,4-5,8-9H2. The molecule has 0 N–H and O–H groups in total. The highest BCUT2D eigenvalue weighted by Crippen LogP contribution is 2.31. The Morgan fingerprint density at radius 2 is 1.73 bits per heavy atom. The molecule has 2 aromatic rings. The highest BCUT2D eigenvalue weighted by Gasteiger charge is 2.32. The molecule has 0 atom stereocenters. The van der Waals surface area contributed by atoms with Gasteiger partial charge in [0.05, 0.1) is 10.9 Å². The first-order chi connectivity index (χ1) is 10.6. The van der Waals surface area contributed by atoms with Crippen molar-refractivity contribution in [2.75, 3.05) is 0 Å². The molecule has 0 unspecified atom stereocenters. The summed E-state index contributed by atoms with van der Waals surface area (Å²) in [5, 5.41) is 8.95. The summed E-state index contributed by atoms with van der Waals surface area (Å²) in [4.78, 5) is 4.33. The zero-order valence-corrected chi connectivity index (χ0v) is 12.9. The maximum atomic E-state index is 12.7. The largest absolute Gasteiger partial charge is 0.236 e. The van der Waals surface area contributed by atoms with Crippen LogP contribution in [0.1, 0.15) is 31.4 Å². The van der Waals surface area contributed by atoms with E-state index in [-0.39, 0.29) is 15.8 Å². The van der Waals surface area contributed by atoms with Crippen LogP contribution in [0.4, 0.5) is 0 Å². The second-order valence-electron chi connectivity index (χ2n) is 5.47. The fraction of sp³-hybridized carbons (Fsp3) is 0.294. The van der Waals surface area contributed by atoms with Gasteiger partial charge in [0.1, 0.15) is 11.0 Å². The van der Waals surface area contributed by atoms with E-state index >= 15 is 0 Å². The lowest BCUT2D eigenvalue weighted by Crippen LogP contribution is -2.19. The molecule has 1 aromatic heterocycles. The van der Waals surface area contributed by atoms with E-state index in [1.807, 2.05) is 36.4 Å². The molecule has 3 rings (SSSR count). The zero-order valence-electron chi connectivity index (χ0n) is 12.1. The molecule has 112 valence electrons. The van der Waals surface area contributed by atoms with Crippen LogP contribution in [0.5, 0.6) is 0 Å². The predicted octanol–water partition coefficient (Wildman–Crippen LogP) is 3.34. The molecule has 0 radical (unpaired) electrons. The van der Waals surface area contributed by atoms with E-state index in [2.05, 4.69) is 4.98 Å². The van der Waals surface area contributed by atoms with E-state index in [1.165, 1.54) is 6.07 Å². The molecule has 1 aliphatic carbocycles. The Morgan fingerprint density at radius 1 is 1.05 bits per heavy atom. The summed E-state index contributed by atoms with van der Waals surface area (Å²) in [5.41, 5.74) is 1.47. The van der Waals surface area contributed by atoms with Gasteiger partial charge in [0.25, 0.3) is 0 Å². The molecule has 0 saturated heterocycles. The van der Waals surface area contributed by atoms with Gasteiger partial charge in [0, 0.05) is 5.56 Å². The molecule has 0 amide bonds. The molecule has 0 aliphatic heterocycles. The fourth-order valence-electron chi connectivity index (χ4n) is 2.90. The minimum absolute atomic E-state index is 0.00625. The molecule has 1 aromatic carbocycles. The Hall–Kier alpha value is -2.19. The third kappa shape index (κ3) is 2.62. The Kier molecular flexibility index (Phi) is 3.95. The minimum atomic E-state index is -3.47. The van der Waals surface area contributed by atoms with E-state index in [0.717, 1.165) is 18.4 Å². The summed E-state index contributed by atoms with van der Waals surface area (Å²) in [6, 6.07) is 14.6. The van der Waals surface area contributed by atoms with Crippen LogP contribution in [-0.2, 0) is 9.84 Å². The van der Waals surface area contributed by atoms with Crippen LogP contribution in [0.2, 0.25) is 0 Å². The van der Waals surface area contributed by atoms with Gasteiger partial charge in [-0.1, -0.05) is 43.2 Å². The van der Waals surface area contributed by atoms with Crippen LogP contribution >= 0.6 is 0 Å². The second kappa shape index (κ2) is 5.90. The highest BCUT2D eigenvalue weighted by atomic mass is 32.2. The topological polar surface area (TPSA) is 70.8 Å². The number of hydrogen-bond donors (Lipinski definition) is 0. The van der Waals surface area contributed by atoms with Crippen LogP contribution in [-0.4, -0.2) is 18.7 Å². The Balaban J connectivity index is 2.05. The fourth-order valence-corrected chi connectivity index (χ4v) is 4.84. The Morgan fingerprint density at radius 3 is 2.36 bits per heavy atom. The third-order valence-electron chi connectivity index (χ3n) is 4.08. The average molecular weight is 312 g/mol. The lowest BCUT2D eigenvalue weighted by Gasteiger charge is -2.12. The van der Waals surface area contributed by atoms with Gasteiger partial charge < -0.3 is 0 Å². The molecule has 1 aliphatic rings. The van der Waals surface area contributed by atoms with Crippen LogP contribution in [0.25, 0.3) is 11.3 Å². The van der Waals surface area contributed by atoms with Crippen molar-refractivity contribution in [1.82, 2.24) is 4.98 Å². The molecule has 0 spiro atoms. The van der Waals surface area contributed by atoms with Gasteiger partial charge in [-0.2, -0.15) is 5.26 Å². The van der Waals surface area contributed by atoms with E-state index in [1.54, 1.807) is 6.07 Å². The second-order valence-corrected chi connectivity index (χ2v) is 7.67. The van der Waals surface area contributed by atoms with E-state index in [9.17, 15) is 13.7 Å². The number of aromatic nitrogens is 1. The molecule has 1 saturated carbocycles. The van der Waals surface area contributed by atoms with Crippen LogP contribution in [0, 0.1) is 11.3 Å². The van der Waals surface area contributed by atoms with Gasteiger partial charge in [-0.05, 0) is 25.0 Å². The van der Waals surface area contributed by atoms with Crippen molar-refractivity contribution >= 4 is 9.84 Å². The molecule has 1 fully saturated rings. The summed E-state index contributed by atoms with van der Waals surface area (Å²) in [6.45, 7) is 0. The Bertz CT molecular complexity index is 817. The molecular formula is C17H16N2O2S. The van der Waals surface area contributed by atoms with Crippen molar-refractivity contribution in [2.45, 2.75) is 35.8 Å². The number of benzene rings is 1. The summed E-state index contributed by atoms with van der Waals surface area (Å²) >= 11 is 0. The van der Waals surface area contributed by atoms with Gasteiger partial charge in [0.2, 0.25) is 0 Å². The number of sulfone groups is 1. The summed E-state index contributed by atoms with van der Waals surface area (Å²) in [7, 11) is -3.47. The van der Waals surface area contributed by atoms with Crippen molar-refractivity contribution in [3.8, 4) is 17.3 Å². The Labute approximate surface area is 130 Å². The quantitative estimate of drug-likeness (QED) is 0.871. The summed E-state index contributed by atoms with van der Waals surface area (Å²) in [5.74, 6) is 0. The first kappa shape index (κ1) is 14.7. The monoisotopic (exact) mass is 312 g/mol. The van der Waals surface area contributed by atoms with Gasteiger partial charge in [0.15, 0.2) is 15.5 Å². The van der Waals surface area contributed by atoms with Gasteiger partial charge in [-0.15, -0.1) is 0 Å². The van der Waals surface area contributed by atoms with Crippen LogP contribution in [0.15, 0.2) is 47.4 Å². The number of rotatable bonds is 3. The summed E-state index contributed by atoms with van der Waals surface area (Å²) < 4.78 is 25.3. The number of nitrogens with zero attached hydrogens (tertiary/aromatic N) is 2. The summed E-state index contributed by atoms with van der Waals surface area (Å²) in [6.07, 6.45) is 3.21. The van der Waals surface area contributed by atoms with Gasteiger partial charge in [-0.3, -0.25) is 0 Å². The van der Waals surface area contributed by atoms with Crippen molar-refractivity contribution in [3.05, 3.63) is 48.2 Å². The maximum absolute atomic E-state index is 12.7. The van der Waals surface area contributed by atoms with Crippen molar-refractivity contribution < 1.29 is 8.42 Å². The lowest BCUT2D eigenvalue weighted by atomic mass is 10.1. The number of hydrogen-bond acceptors (Lipinski definition) is 4. The smallest absolute Gasteiger partial charge is 0.184 e. The molecule has 4 nitrogen and oxygen atoms in total. The molecule has 22 heavy (non-hydrogen) atoms. The highest BCUT2D eigenvalue weighted by molar-refractivity contribution is 7.92. The van der Waals surface area contributed by atoms with Crippen LogP contribution in [0.3, 0.4) is 0 Å². The normalized spacial score (nSPS) is 15.6.